The number of fused-ring (bicyclic) bond motifs is 1. The molecule has 0 bridgehead atoms. The Morgan fingerprint density at radius 3 is 2.46 bits per heavy atom. The Morgan fingerprint density at radius 2 is 1.84 bits per heavy atom. The highest BCUT2D eigenvalue weighted by atomic mass is 35.5. The van der Waals surface area contributed by atoms with E-state index in [4.69, 9.17) is 23.2 Å². The third kappa shape index (κ3) is 5.18. The van der Waals surface area contributed by atoms with E-state index in [1.807, 2.05) is 18.2 Å². The Morgan fingerprint density at radius 1 is 1.14 bits per heavy atom. The zero-order chi connectivity index (χ0) is 26.3. The van der Waals surface area contributed by atoms with Crippen LogP contribution in [0, 0.1) is 6.92 Å². The summed E-state index contributed by atoms with van der Waals surface area (Å²) in [5.74, 6) is -0.146. The first-order chi connectivity index (χ1) is 17.7. The summed E-state index contributed by atoms with van der Waals surface area (Å²) in [6.07, 6.45) is 0.558. The van der Waals surface area contributed by atoms with E-state index in [2.05, 4.69) is 20.1 Å². The highest BCUT2D eigenvalue weighted by molar-refractivity contribution is 6.35. The molecule has 8 nitrogen and oxygen atoms in total. The van der Waals surface area contributed by atoms with Crippen molar-refractivity contribution in [3.05, 3.63) is 63.5 Å². The van der Waals surface area contributed by atoms with Gasteiger partial charge in [0.15, 0.2) is 5.65 Å². The van der Waals surface area contributed by atoms with Gasteiger partial charge in [-0.2, -0.15) is 10.2 Å². The van der Waals surface area contributed by atoms with Crippen LogP contribution in [0.15, 0.2) is 36.7 Å². The van der Waals surface area contributed by atoms with Crippen molar-refractivity contribution >= 4 is 40.1 Å². The fraction of sp³-hybridized carbons (Fsp3) is 0.360. The Bertz CT molecular complexity index is 1440. The van der Waals surface area contributed by atoms with Crippen LogP contribution in [-0.2, 0) is 24.9 Å². The highest BCUT2D eigenvalue weighted by Gasteiger charge is 2.26. The zero-order valence-electron chi connectivity index (χ0n) is 20.3. The minimum Gasteiger partial charge on any atom is -0.339 e. The van der Waals surface area contributed by atoms with Gasteiger partial charge in [0.1, 0.15) is 6.54 Å². The van der Waals surface area contributed by atoms with Crippen molar-refractivity contribution in [2.45, 2.75) is 26.4 Å². The topological polar surface area (TPSA) is 72.1 Å². The molecule has 1 aliphatic rings. The van der Waals surface area contributed by atoms with Crippen LogP contribution in [0.4, 0.5) is 8.78 Å². The molecule has 0 spiro atoms. The number of amides is 1. The van der Waals surface area contributed by atoms with Gasteiger partial charge in [-0.05, 0) is 25.1 Å². The van der Waals surface area contributed by atoms with E-state index < -0.39 is 6.43 Å². The average molecular weight is 548 g/mol. The van der Waals surface area contributed by atoms with E-state index in [1.54, 1.807) is 35.9 Å². The summed E-state index contributed by atoms with van der Waals surface area (Å²) in [6.45, 7) is 4.52. The summed E-state index contributed by atoms with van der Waals surface area (Å²) in [6, 6.07) is 6.80. The van der Waals surface area contributed by atoms with Gasteiger partial charge in [-0.15, -0.1) is 0 Å². The van der Waals surface area contributed by atoms with Crippen LogP contribution in [0.2, 0.25) is 10.0 Å². The Balaban J connectivity index is 1.34. The lowest BCUT2D eigenvalue weighted by atomic mass is 10.1. The lowest BCUT2D eigenvalue weighted by molar-refractivity contribution is -0.133. The van der Waals surface area contributed by atoms with E-state index in [9.17, 15) is 13.6 Å². The molecule has 1 saturated heterocycles. The Kier molecular flexibility index (Phi) is 7.15. The second-order valence-corrected chi connectivity index (χ2v) is 9.91. The molecule has 1 fully saturated rings. The van der Waals surface area contributed by atoms with E-state index in [0.717, 1.165) is 5.56 Å². The van der Waals surface area contributed by atoms with Gasteiger partial charge in [0.05, 0.1) is 23.0 Å². The maximum Gasteiger partial charge on any atom is 0.264 e. The summed E-state index contributed by atoms with van der Waals surface area (Å²) < 4.78 is 31.0. The molecule has 0 atom stereocenters. The van der Waals surface area contributed by atoms with E-state index in [-0.39, 0.29) is 29.0 Å². The van der Waals surface area contributed by atoms with Crippen molar-refractivity contribution in [2.24, 2.45) is 7.05 Å². The number of rotatable bonds is 6. The molecule has 37 heavy (non-hydrogen) atoms. The molecular weight excluding hydrogens is 523 g/mol. The first-order valence-corrected chi connectivity index (χ1v) is 12.5. The van der Waals surface area contributed by atoms with Gasteiger partial charge in [0.25, 0.3) is 6.43 Å². The third-order valence-corrected chi connectivity index (χ3v) is 7.31. The van der Waals surface area contributed by atoms with Crippen LogP contribution >= 0.6 is 23.2 Å². The van der Waals surface area contributed by atoms with Crippen LogP contribution < -0.4 is 0 Å². The fourth-order valence-electron chi connectivity index (χ4n) is 4.66. The molecule has 1 amide bonds. The van der Waals surface area contributed by atoms with Crippen LogP contribution in [0.3, 0.4) is 0 Å². The minimum absolute atomic E-state index is 0.0904. The van der Waals surface area contributed by atoms with Crippen LogP contribution in [0.25, 0.3) is 22.3 Å². The summed E-state index contributed by atoms with van der Waals surface area (Å²) in [5, 5.41) is 10.0. The fourth-order valence-corrected chi connectivity index (χ4v) is 5.18. The zero-order valence-corrected chi connectivity index (χ0v) is 21.8. The molecule has 12 heteroatoms. The minimum atomic E-state index is -2.72. The lowest BCUT2D eigenvalue weighted by Crippen LogP contribution is -2.49. The number of benzene rings is 1. The van der Waals surface area contributed by atoms with E-state index in [1.165, 1.54) is 10.7 Å². The van der Waals surface area contributed by atoms with E-state index >= 15 is 0 Å². The largest absolute Gasteiger partial charge is 0.339 e. The van der Waals surface area contributed by atoms with Crippen molar-refractivity contribution in [2.75, 3.05) is 26.2 Å². The number of carbonyl (C=O) groups excluding carboxylic acids is 1. The van der Waals surface area contributed by atoms with Gasteiger partial charge in [-0.25, -0.2) is 18.4 Å². The Hall–Kier alpha value is -3.08. The third-order valence-electron chi connectivity index (χ3n) is 6.60. The summed E-state index contributed by atoms with van der Waals surface area (Å²) in [5.41, 5.74) is 2.34. The molecule has 4 heterocycles. The van der Waals surface area contributed by atoms with Crippen LogP contribution in [0.1, 0.15) is 23.2 Å². The standard InChI is InChI=1S/C25H25Cl2F2N7O/c1-15-23-17(24(28)29)10-21(16-11-30-33(2)12-16)31-25(23)36(32-15)14-22(37)35-8-6-34(7-9-35)13-18-19(26)4-3-5-20(18)27/h3-5,10-12,24H,6-9,13-14H2,1-2H3. The monoisotopic (exact) mass is 547 g/mol. The summed E-state index contributed by atoms with van der Waals surface area (Å²) in [4.78, 5) is 21.7. The number of piperazine rings is 1. The smallest absolute Gasteiger partial charge is 0.264 e. The first-order valence-electron chi connectivity index (χ1n) is 11.8. The highest BCUT2D eigenvalue weighted by Crippen LogP contribution is 2.33. The molecule has 0 aliphatic carbocycles. The second-order valence-electron chi connectivity index (χ2n) is 9.10. The SMILES string of the molecule is Cc1nn(CC(=O)N2CCN(Cc3c(Cl)cccc3Cl)CC2)c2nc(-c3cnn(C)c3)cc(C(F)F)c12. The van der Waals surface area contributed by atoms with E-state index in [0.29, 0.717) is 59.7 Å². The predicted molar refractivity (Wildman–Crippen MR) is 138 cm³/mol. The van der Waals surface area contributed by atoms with Crippen molar-refractivity contribution in [1.29, 1.82) is 0 Å². The first kappa shape index (κ1) is 25.6. The number of aromatic nitrogens is 5. The number of nitrogens with zero attached hydrogens (tertiary/aromatic N) is 7. The van der Waals surface area contributed by atoms with Crippen molar-refractivity contribution in [3.8, 4) is 11.3 Å². The second kappa shape index (κ2) is 10.4. The quantitative estimate of drug-likeness (QED) is 0.349. The van der Waals surface area contributed by atoms with Gasteiger partial charge in [-0.3, -0.25) is 14.4 Å². The molecular formula is C25H25Cl2F2N7O. The number of halogens is 4. The number of hydrogen-bond donors (Lipinski definition) is 0. The summed E-state index contributed by atoms with van der Waals surface area (Å²) >= 11 is 12.6. The van der Waals surface area contributed by atoms with Gasteiger partial charge < -0.3 is 4.90 Å². The average Bonchev–Trinajstić information content (AvgIpc) is 3.44. The van der Waals surface area contributed by atoms with Gasteiger partial charge in [0.2, 0.25) is 5.91 Å². The normalized spacial score (nSPS) is 14.7. The molecule has 1 aliphatic heterocycles. The predicted octanol–water partition coefficient (Wildman–Crippen LogP) is 4.73. The van der Waals surface area contributed by atoms with Gasteiger partial charge in [0, 0.05) is 72.7 Å². The van der Waals surface area contributed by atoms with Crippen LogP contribution in [0.5, 0.6) is 0 Å². The molecule has 0 N–H and O–H groups in total. The van der Waals surface area contributed by atoms with Gasteiger partial charge >= 0.3 is 0 Å². The van der Waals surface area contributed by atoms with Gasteiger partial charge in [-0.1, -0.05) is 29.3 Å². The van der Waals surface area contributed by atoms with Crippen molar-refractivity contribution in [1.82, 2.24) is 34.3 Å². The number of alkyl halides is 2. The Labute approximate surface area is 222 Å². The van der Waals surface area contributed by atoms with Crippen LogP contribution in [-0.4, -0.2) is 66.4 Å². The molecule has 0 saturated carbocycles. The maximum atomic E-state index is 14.0. The molecule has 4 aromatic rings. The van der Waals surface area contributed by atoms with Crippen molar-refractivity contribution in [3.63, 3.8) is 0 Å². The number of carbonyl (C=O) groups is 1. The van der Waals surface area contributed by atoms with Crippen molar-refractivity contribution < 1.29 is 13.6 Å². The molecule has 1 aromatic carbocycles. The molecule has 0 unspecified atom stereocenters. The molecule has 194 valence electrons. The maximum absolute atomic E-state index is 14.0. The molecule has 3 aromatic heterocycles. The number of pyridine rings is 1. The number of aryl methyl sites for hydroxylation is 2. The number of hydrogen-bond acceptors (Lipinski definition) is 5. The summed E-state index contributed by atoms with van der Waals surface area (Å²) in [7, 11) is 1.74. The molecule has 0 radical (unpaired) electrons. The lowest BCUT2D eigenvalue weighted by Gasteiger charge is -2.35. The molecule has 5 rings (SSSR count).